The molecule has 4 rings (SSSR count). The zero-order valence-electron chi connectivity index (χ0n) is 18.5. The van der Waals surface area contributed by atoms with E-state index in [1.165, 1.54) is 11.0 Å². The van der Waals surface area contributed by atoms with Crippen LogP contribution < -0.4 is 15.2 Å². The molecular formula is C22H17ClF3N3O6S2. The molecule has 2 heterocycles. The molecule has 1 saturated heterocycles. The molecule has 37 heavy (non-hydrogen) atoms. The lowest BCUT2D eigenvalue weighted by atomic mass is 10.1. The number of benzene rings is 2. The number of rotatable bonds is 7. The smallest absolute Gasteiger partial charge is 0.420 e. The lowest BCUT2D eigenvalue weighted by Crippen LogP contribution is -2.41. The Morgan fingerprint density at radius 3 is 2.59 bits per heavy atom. The van der Waals surface area contributed by atoms with Gasteiger partial charge in [0.2, 0.25) is 11.8 Å². The van der Waals surface area contributed by atoms with Crippen LogP contribution in [-0.2, 0) is 26.2 Å². The van der Waals surface area contributed by atoms with E-state index in [-0.39, 0.29) is 34.8 Å². The summed E-state index contributed by atoms with van der Waals surface area (Å²) < 4.78 is 71.3. The summed E-state index contributed by atoms with van der Waals surface area (Å²) in [4.78, 5) is 37.0. The van der Waals surface area contributed by atoms with E-state index in [1.54, 1.807) is 18.2 Å². The number of likely N-dealkylation sites (tertiary alicyclic amines) is 1. The first kappa shape index (κ1) is 26.9. The molecule has 9 nitrogen and oxygen atoms in total. The Hall–Kier alpha value is -3.20. The van der Waals surface area contributed by atoms with Crippen LogP contribution in [0.25, 0.3) is 10.1 Å². The maximum atomic E-state index is 13.0. The van der Waals surface area contributed by atoms with Gasteiger partial charge in [-0.3, -0.25) is 9.59 Å². The van der Waals surface area contributed by atoms with Gasteiger partial charge in [-0.1, -0.05) is 17.7 Å². The first-order chi connectivity index (χ1) is 17.2. The number of carbonyl (C=O) groups is 3. The van der Waals surface area contributed by atoms with Gasteiger partial charge in [-0.2, -0.15) is 17.9 Å². The fourth-order valence-electron chi connectivity index (χ4n) is 3.68. The molecule has 0 saturated carbocycles. The number of nitrogens with one attached hydrogen (secondary N) is 1. The minimum Gasteiger partial charge on any atom is -0.420 e. The molecule has 1 aromatic heterocycles. The normalized spacial score (nSPS) is 16.4. The quantitative estimate of drug-likeness (QED) is 0.328. The highest BCUT2D eigenvalue weighted by molar-refractivity contribution is 7.91. The summed E-state index contributed by atoms with van der Waals surface area (Å²) in [5, 5.41) is 1.10. The van der Waals surface area contributed by atoms with Crippen molar-refractivity contribution < 1.29 is 40.7 Å². The molecule has 0 spiro atoms. The van der Waals surface area contributed by atoms with Crippen LogP contribution in [0, 0.1) is 0 Å². The number of esters is 1. The van der Waals surface area contributed by atoms with Crippen molar-refractivity contribution in [3.8, 4) is 5.75 Å². The number of amides is 2. The van der Waals surface area contributed by atoms with E-state index in [1.807, 2.05) is 0 Å². The zero-order chi connectivity index (χ0) is 27.1. The van der Waals surface area contributed by atoms with Crippen LogP contribution in [0.3, 0.4) is 0 Å². The fraction of sp³-hybridized carbons (Fsp3) is 0.227. The Balaban J connectivity index is 1.53. The maximum absolute atomic E-state index is 13.0. The van der Waals surface area contributed by atoms with Gasteiger partial charge in [0.15, 0.2) is 0 Å². The summed E-state index contributed by atoms with van der Waals surface area (Å²) in [6.07, 6.45) is -5.20. The van der Waals surface area contributed by atoms with Crippen LogP contribution in [0.1, 0.15) is 22.3 Å². The van der Waals surface area contributed by atoms with E-state index in [9.17, 15) is 36.0 Å². The second-order valence-electron chi connectivity index (χ2n) is 8.04. The molecule has 15 heteroatoms. The number of alkyl halides is 3. The van der Waals surface area contributed by atoms with Crippen LogP contribution in [-0.4, -0.2) is 49.9 Å². The van der Waals surface area contributed by atoms with Gasteiger partial charge in [-0.05, 0) is 48.2 Å². The van der Waals surface area contributed by atoms with Crippen molar-refractivity contribution in [2.75, 3.05) is 6.54 Å². The van der Waals surface area contributed by atoms with E-state index in [0.29, 0.717) is 15.1 Å². The number of nitrogens with two attached hydrogens (primary N) is 1. The number of hydrogen-bond donors (Lipinski definition) is 2. The summed E-state index contributed by atoms with van der Waals surface area (Å²) in [5.74, 6) is -4.54. The Labute approximate surface area is 217 Å². The summed E-state index contributed by atoms with van der Waals surface area (Å²) in [6, 6.07) is 8.36. The van der Waals surface area contributed by atoms with Gasteiger partial charge in [0, 0.05) is 33.9 Å². The Morgan fingerprint density at radius 2 is 1.92 bits per heavy atom. The van der Waals surface area contributed by atoms with Gasteiger partial charge in [-0.15, -0.1) is 11.3 Å². The first-order valence-corrected chi connectivity index (χ1v) is 13.1. The predicted molar refractivity (Wildman–Crippen MR) is 128 cm³/mol. The number of sulfonamides is 1. The highest BCUT2D eigenvalue weighted by Crippen LogP contribution is 2.32. The van der Waals surface area contributed by atoms with Crippen molar-refractivity contribution in [1.82, 2.24) is 9.62 Å². The van der Waals surface area contributed by atoms with E-state index < -0.39 is 45.8 Å². The fourth-order valence-corrected chi connectivity index (χ4v) is 6.60. The average Bonchev–Trinajstić information content (AvgIpc) is 3.38. The molecule has 0 aliphatic carbocycles. The number of thiophene rings is 1. The molecule has 3 N–H and O–H groups in total. The molecule has 2 aromatic carbocycles. The van der Waals surface area contributed by atoms with Gasteiger partial charge in [0.05, 0.1) is 0 Å². The van der Waals surface area contributed by atoms with Gasteiger partial charge in [0.25, 0.3) is 10.0 Å². The van der Waals surface area contributed by atoms with Crippen molar-refractivity contribution in [2.45, 2.75) is 29.4 Å². The topological polar surface area (TPSA) is 136 Å². The molecule has 1 fully saturated rings. The summed E-state index contributed by atoms with van der Waals surface area (Å²) in [6.45, 7) is -0.318. The van der Waals surface area contributed by atoms with E-state index in [2.05, 4.69) is 9.46 Å². The van der Waals surface area contributed by atoms with Gasteiger partial charge in [-0.25, -0.2) is 13.2 Å². The summed E-state index contributed by atoms with van der Waals surface area (Å²) in [5.41, 5.74) is 5.05. The van der Waals surface area contributed by atoms with Gasteiger partial charge >= 0.3 is 12.1 Å². The number of hydrogen-bond acceptors (Lipinski definition) is 7. The van der Waals surface area contributed by atoms with Crippen LogP contribution in [0.15, 0.2) is 46.7 Å². The van der Waals surface area contributed by atoms with Crippen molar-refractivity contribution in [3.05, 3.63) is 58.6 Å². The highest BCUT2D eigenvalue weighted by atomic mass is 35.5. The van der Waals surface area contributed by atoms with Crippen molar-refractivity contribution in [3.63, 3.8) is 0 Å². The molecule has 3 aromatic rings. The minimum atomic E-state index is -5.27. The molecule has 1 atom stereocenters. The Kier molecular flexibility index (Phi) is 7.21. The number of fused-ring (bicyclic) bond motifs is 1. The average molecular weight is 576 g/mol. The molecular weight excluding hydrogens is 559 g/mol. The zero-order valence-corrected chi connectivity index (χ0v) is 20.9. The lowest BCUT2D eigenvalue weighted by Gasteiger charge is -2.19. The van der Waals surface area contributed by atoms with Gasteiger partial charge < -0.3 is 15.4 Å². The Morgan fingerprint density at radius 1 is 1.19 bits per heavy atom. The van der Waals surface area contributed by atoms with E-state index in [0.717, 1.165) is 29.5 Å². The third kappa shape index (κ3) is 5.87. The molecule has 196 valence electrons. The minimum absolute atomic E-state index is 0.0217. The molecule has 0 unspecified atom stereocenters. The van der Waals surface area contributed by atoms with Gasteiger partial charge in [0.1, 0.15) is 16.0 Å². The highest BCUT2D eigenvalue weighted by Gasteiger charge is 2.42. The monoisotopic (exact) mass is 575 g/mol. The first-order valence-electron chi connectivity index (χ1n) is 10.5. The standard InChI is InChI=1S/C22H17ClF3N3O6S2/c23-14-3-1-11-8-18(36-17(11)9-14)37(33,34)28-15-5-6-29(20(15)31)10-13-7-12(19(27)30)2-4-16(13)35-21(32)22(24,25)26/h1-4,7-9,15,28H,5-6,10H2,(H2,27,30)/t15-/m0/s1. The molecule has 2 amide bonds. The van der Waals surface area contributed by atoms with E-state index >= 15 is 0 Å². The second-order valence-corrected chi connectivity index (χ2v) is 11.5. The summed E-state index contributed by atoms with van der Waals surface area (Å²) >= 11 is 6.93. The lowest BCUT2D eigenvalue weighted by molar-refractivity contribution is -0.189. The van der Waals surface area contributed by atoms with Crippen molar-refractivity contribution in [2.24, 2.45) is 5.73 Å². The van der Waals surface area contributed by atoms with Crippen LogP contribution >= 0.6 is 22.9 Å². The predicted octanol–water partition coefficient (Wildman–Crippen LogP) is 3.20. The van der Waals surface area contributed by atoms with Crippen molar-refractivity contribution >= 4 is 60.8 Å². The number of carbonyl (C=O) groups excluding carboxylic acids is 3. The van der Waals surface area contributed by atoms with Crippen LogP contribution in [0.4, 0.5) is 13.2 Å². The summed E-state index contributed by atoms with van der Waals surface area (Å²) in [7, 11) is -4.08. The molecule has 0 radical (unpaired) electrons. The van der Waals surface area contributed by atoms with Crippen LogP contribution in [0.2, 0.25) is 5.02 Å². The van der Waals surface area contributed by atoms with E-state index in [4.69, 9.17) is 17.3 Å². The molecule has 1 aliphatic rings. The largest absolute Gasteiger partial charge is 0.491 e. The number of primary amides is 1. The SMILES string of the molecule is NC(=O)c1ccc(OC(=O)C(F)(F)F)c(CN2CC[C@H](NS(=O)(=O)c3cc4ccc(Cl)cc4s3)C2=O)c1. The Bertz CT molecular complexity index is 1520. The maximum Gasteiger partial charge on any atom is 0.491 e. The number of ether oxygens (including phenoxy) is 1. The number of halogens is 4. The second kappa shape index (κ2) is 9.93. The molecule has 0 bridgehead atoms. The third-order valence-corrected chi connectivity index (χ3v) is 8.74. The van der Waals surface area contributed by atoms with Crippen LogP contribution in [0.5, 0.6) is 5.75 Å². The van der Waals surface area contributed by atoms with Crippen molar-refractivity contribution in [1.29, 1.82) is 0 Å². The number of nitrogens with zero attached hydrogens (tertiary/aromatic N) is 1. The molecule has 1 aliphatic heterocycles. The third-order valence-electron chi connectivity index (χ3n) is 5.46.